The Morgan fingerprint density at radius 1 is 1.08 bits per heavy atom. The molecule has 1 aliphatic rings. The average molecular weight is 332 g/mol. The van der Waals surface area contributed by atoms with Crippen molar-refractivity contribution in [2.45, 2.75) is 34.1 Å². The van der Waals surface area contributed by atoms with E-state index >= 15 is 0 Å². The van der Waals surface area contributed by atoms with Crippen LogP contribution in [0.4, 0.5) is 0 Å². The molecule has 0 unspecified atom stereocenters. The van der Waals surface area contributed by atoms with E-state index in [1.54, 1.807) is 12.0 Å². The molecule has 5 heteroatoms. The summed E-state index contributed by atoms with van der Waals surface area (Å²) in [5.74, 6) is 0.734. The van der Waals surface area contributed by atoms with Gasteiger partial charge in [0.2, 0.25) is 5.91 Å². The molecule has 0 spiro atoms. The van der Waals surface area contributed by atoms with Gasteiger partial charge in [0.15, 0.2) is 0 Å². The largest absolute Gasteiger partial charge is 0.496 e. The molecule has 0 aromatic heterocycles. The number of amides is 2. The monoisotopic (exact) mass is 332 g/mol. The van der Waals surface area contributed by atoms with Gasteiger partial charge < -0.3 is 14.5 Å². The highest BCUT2D eigenvalue weighted by atomic mass is 16.5. The summed E-state index contributed by atoms with van der Waals surface area (Å²) >= 11 is 0. The Balaban J connectivity index is 2.01. The molecule has 0 N–H and O–H groups in total. The molecule has 1 aromatic carbocycles. The maximum absolute atomic E-state index is 12.8. The Labute approximate surface area is 144 Å². The highest BCUT2D eigenvalue weighted by Crippen LogP contribution is 2.23. The fourth-order valence-corrected chi connectivity index (χ4v) is 2.88. The second-order valence-corrected chi connectivity index (χ2v) is 7.61. The fraction of sp³-hybridized carbons (Fsp3) is 0.579. The van der Waals surface area contributed by atoms with Crippen LogP contribution in [0.15, 0.2) is 18.2 Å². The molecular weight excluding hydrogens is 304 g/mol. The van der Waals surface area contributed by atoms with Crippen molar-refractivity contribution in [1.29, 1.82) is 0 Å². The number of rotatable bonds is 3. The number of hydrogen-bond donors (Lipinski definition) is 0. The number of methoxy groups -OCH3 is 1. The quantitative estimate of drug-likeness (QED) is 0.855. The number of piperazine rings is 1. The van der Waals surface area contributed by atoms with Crippen molar-refractivity contribution in [3.8, 4) is 5.75 Å². The van der Waals surface area contributed by atoms with Crippen LogP contribution in [0, 0.1) is 12.3 Å². The molecule has 0 atom stereocenters. The first-order valence-electron chi connectivity index (χ1n) is 8.43. The molecule has 5 nitrogen and oxygen atoms in total. The van der Waals surface area contributed by atoms with Crippen LogP contribution >= 0.6 is 0 Å². The van der Waals surface area contributed by atoms with E-state index in [2.05, 4.69) is 20.8 Å². The van der Waals surface area contributed by atoms with Gasteiger partial charge >= 0.3 is 0 Å². The van der Waals surface area contributed by atoms with Crippen molar-refractivity contribution >= 4 is 11.8 Å². The number of aryl methyl sites for hydroxylation is 1. The lowest BCUT2D eigenvalue weighted by molar-refractivity contribution is -0.134. The Morgan fingerprint density at radius 2 is 1.67 bits per heavy atom. The summed E-state index contributed by atoms with van der Waals surface area (Å²) < 4.78 is 5.31. The second kappa shape index (κ2) is 7.24. The van der Waals surface area contributed by atoms with Crippen LogP contribution in [0.25, 0.3) is 0 Å². The maximum atomic E-state index is 12.8. The van der Waals surface area contributed by atoms with Gasteiger partial charge in [-0.3, -0.25) is 9.59 Å². The van der Waals surface area contributed by atoms with Crippen molar-refractivity contribution in [3.05, 3.63) is 29.3 Å². The van der Waals surface area contributed by atoms with Gasteiger partial charge in [0.1, 0.15) is 5.75 Å². The molecule has 24 heavy (non-hydrogen) atoms. The first-order valence-corrected chi connectivity index (χ1v) is 8.43. The summed E-state index contributed by atoms with van der Waals surface area (Å²) in [5.41, 5.74) is 1.60. The zero-order valence-electron chi connectivity index (χ0n) is 15.4. The SMILES string of the molecule is COc1ccc(C)cc1C(=O)N1CCN(C(=O)CC(C)(C)C)CC1. The van der Waals surface area contributed by atoms with Crippen LogP contribution in [-0.4, -0.2) is 54.9 Å². The smallest absolute Gasteiger partial charge is 0.257 e. The second-order valence-electron chi connectivity index (χ2n) is 7.61. The predicted molar refractivity (Wildman–Crippen MR) is 94.3 cm³/mol. The molecule has 0 aliphatic carbocycles. The molecule has 0 radical (unpaired) electrons. The molecule has 1 fully saturated rings. The van der Waals surface area contributed by atoms with E-state index in [1.165, 1.54) is 0 Å². The third-order valence-electron chi connectivity index (χ3n) is 4.19. The van der Waals surface area contributed by atoms with Gasteiger partial charge in [-0.05, 0) is 24.5 Å². The van der Waals surface area contributed by atoms with Gasteiger partial charge in [-0.25, -0.2) is 0 Å². The fourth-order valence-electron chi connectivity index (χ4n) is 2.88. The number of carbonyl (C=O) groups excluding carboxylic acids is 2. The van der Waals surface area contributed by atoms with E-state index in [0.717, 1.165) is 5.56 Å². The number of hydrogen-bond acceptors (Lipinski definition) is 3. The third-order valence-corrected chi connectivity index (χ3v) is 4.19. The summed E-state index contributed by atoms with van der Waals surface area (Å²) in [6, 6.07) is 5.61. The van der Waals surface area contributed by atoms with Crippen molar-refractivity contribution in [2.24, 2.45) is 5.41 Å². The number of ether oxygens (including phenoxy) is 1. The molecule has 1 saturated heterocycles. The standard InChI is InChI=1S/C19H28N2O3/c1-14-6-7-16(24-5)15(12-14)18(23)21-10-8-20(9-11-21)17(22)13-19(2,3)4/h6-7,12H,8-11,13H2,1-5H3. The van der Waals surface area contributed by atoms with Crippen molar-refractivity contribution in [3.63, 3.8) is 0 Å². The molecule has 132 valence electrons. The van der Waals surface area contributed by atoms with Crippen molar-refractivity contribution < 1.29 is 14.3 Å². The van der Waals surface area contributed by atoms with Crippen LogP contribution in [0.5, 0.6) is 5.75 Å². The van der Waals surface area contributed by atoms with Gasteiger partial charge in [-0.2, -0.15) is 0 Å². The highest BCUT2D eigenvalue weighted by molar-refractivity contribution is 5.97. The Morgan fingerprint density at radius 3 is 2.21 bits per heavy atom. The first kappa shape index (κ1) is 18.3. The van der Waals surface area contributed by atoms with Crippen LogP contribution in [0.1, 0.15) is 43.1 Å². The van der Waals surface area contributed by atoms with Gasteiger partial charge in [0.25, 0.3) is 5.91 Å². The molecular formula is C19H28N2O3. The maximum Gasteiger partial charge on any atom is 0.257 e. The van der Waals surface area contributed by atoms with Gasteiger partial charge in [-0.15, -0.1) is 0 Å². The van der Waals surface area contributed by atoms with Crippen molar-refractivity contribution in [1.82, 2.24) is 9.80 Å². The Bertz CT molecular complexity index is 612. The molecule has 1 heterocycles. The molecule has 1 aromatic rings. The molecule has 0 bridgehead atoms. The molecule has 1 aliphatic heterocycles. The summed E-state index contributed by atoms with van der Waals surface area (Å²) in [6.45, 7) is 10.5. The van der Waals surface area contributed by atoms with E-state index < -0.39 is 0 Å². The summed E-state index contributed by atoms with van der Waals surface area (Å²) in [5, 5.41) is 0. The zero-order valence-corrected chi connectivity index (χ0v) is 15.4. The van der Waals surface area contributed by atoms with E-state index in [9.17, 15) is 9.59 Å². The number of benzene rings is 1. The van der Waals surface area contributed by atoms with E-state index in [-0.39, 0.29) is 17.2 Å². The third kappa shape index (κ3) is 4.49. The normalized spacial score (nSPS) is 15.4. The topological polar surface area (TPSA) is 49.9 Å². The first-order chi connectivity index (χ1) is 11.2. The molecule has 0 saturated carbocycles. The van der Waals surface area contributed by atoms with Crippen LogP contribution in [0.3, 0.4) is 0 Å². The lowest BCUT2D eigenvalue weighted by Gasteiger charge is -2.36. The number of nitrogens with zero attached hydrogens (tertiary/aromatic N) is 2. The summed E-state index contributed by atoms with van der Waals surface area (Å²) in [4.78, 5) is 28.8. The van der Waals surface area contributed by atoms with Crippen LogP contribution in [0.2, 0.25) is 0 Å². The summed E-state index contributed by atoms with van der Waals surface area (Å²) in [7, 11) is 1.57. The Kier molecular flexibility index (Phi) is 5.52. The van der Waals surface area contributed by atoms with Crippen LogP contribution in [-0.2, 0) is 4.79 Å². The van der Waals surface area contributed by atoms with Crippen molar-refractivity contribution in [2.75, 3.05) is 33.3 Å². The molecule has 2 amide bonds. The lowest BCUT2D eigenvalue weighted by Crippen LogP contribution is -2.51. The van der Waals surface area contributed by atoms with E-state index in [4.69, 9.17) is 4.74 Å². The van der Waals surface area contributed by atoms with Gasteiger partial charge in [-0.1, -0.05) is 32.4 Å². The Hall–Kier alpha value is -2.04. The van der Waals surface area contributed by atoms with Gasteiger partial charge in [0.05, 0.1) is 12.7 Å². The van der Waals surface area contributed by atoms with Crippen LogP contribution < -0.4 is 4.74 Å². The minimum absolute atomic E-state index is 0.0149. The number of carbonyl (C=O) groups is 2. The van der Waals surface area contributed by atoms with E-state index in [0.29, 0.717) is 43.9 Å². The zero-order chi connectivity index (χ0) is 17.9. The lowest BCUT2D eigenvalue weighted by atomic mass is 9.91. The highest BCUT2D eigenvalue weighted by Gasteiger charge is 2.28. The summed E-state index contributed by atoms with van der Waals surface area (Å²) in [6.07, 6.45) is 0.534. The predicted octanol–water partition coefficient (Wildman–Crippen LogP) is 2.72. The minimum atomic E-state index is -0.0292. The van der Waals surface area contributed by atoms with E-state index in [1.807, 2.05) is 30.0 Å². The van der Waals surface area contributed by atoms with Gasteiger partial charge in [0, 0.05) is 32.6 Å². The molecule has 2 rings (SSSR count). The average Bonchev–Trinajstić information content (AvgIpc) is 2.52. The minimum Gasteiger partial charge on any atom is -0.496 e.